The molecule has 0 fully saturated rings. The summed E-state index contributed by atoms with van der Waals surface area (Å²) in [5.41, 5.74) is 0. The van der Waals surface area contributed by atoms with Crippen molar-refractivity contribution in [2.75, 3.05) is 6.67 Å². The molecule has 0 radical (unpaired) electrons. The van der Waals surface area contributed by atoms with E-state index in [-0.39, 0.29) is 23.1 Å². The topological polar surface area (TPSA) is 34.1 Å². The second-order valence-electron chi connectivity index (χ2n) is 1.69. The summed E-state index contributed by atoms with van der Waals surface area (Å²) in [6.07, 6.45) is 0. The van der Waals surface area contributed by atoms with Gasteiger partial charge in [-0.1, -0.05) is 0 Å². The quantitative estimate of drug-likeness (QED) is 0.446. The average molecular weight is 180 g/mol. The van der Waals surface area contributed by atoms with Crippen molar-refractivity contribution >= 4 is 34.6 Å². The number of carbonyl (C=O) groups is 2. The normalized spacial score (nSPS) is 10.2. The predicted octanol–water partition coefficient (Wildman–Crippen LogP) is -0.167. The van der Waals surface area contributed by atoms with Gasteiger partial charge in [-0.2, -0.15) is 8.78 Å². The van der Waals surface area contributed by atoms with Gasteiger partial charge in [0, 0.05) is 6.92 Å². The van der Waals surface area contributed by atoms with Crippen LogP contribution >= 0.6 is 0 Å². The molecule has 2 nitrogen and oxygen atoms in total. The number of rotatable bonds is 3. The Hall–Kier alpha value is -0.104. The van der Waals surface area contributed by atoms with E-state index in [1.807, 2.05) is 0 Å². The highest BCUT2D eigenvalue weighted by molar-refractivity contribution is 6.07. The number of carbonyl (C=O) groups excluding carboxylic acids is 2. The third kappa shape index (κ3) is 3.20. The van der Waals surface area contributed by atoms with Crippen LogP contribution < -0.4 is 0 Å². The molecule has 0 spiro atoms. The summed E-state index contributed by atoms with van der Waals surface area (Å²) < 4.78 is 35.3. The first-order valence-electron chi connectivity index (χ1n) is 2.41. The summed E-state index contributed by atoms with van der Waals surface area (Å²) in [6.45, 7) is -1.28. The first kappa shape index (κ1) is 13.5. The third-order valence-corrected chi connectivity index (χ3v) is 0.914. The zero-order chi connectivity index (χ0) is 8.36. The number of Topliss-reactive ketones (excluding diaryl/α,β-unsaturated/α-hetero) is 2. The number of ketones is 2. The van der Waals surface area contributed by atoms with E-state index in [0.29, 0.717) is 6.92 Å². The highest BCUT2D eigenvalue weighted by atomic mass is 24.3. The van der Waals surface area contributed by atoms with E-state index in [1.54, 1.807) is 0 Å². The van der Waals surface area contributed by atoms with Crippen LogP contribution in [0.1, 0.15) is 6.92 Å². The molecule has 0 aromatic rings. The predicted molar refractivity (Wildman–Crippen MR) is 35.2 cm³/mol. The van der Waals surface area contributed by atoms with Crippen molar-refractivity contribution in [2.24, 2.45) is 0 Å². The maximum Gasteiger partial charge on any atom is 0.364 e. The lowest BCUT2D eigenvalue weighted by Crippen LogP contribution is -2.37. The minimum Gasteiger partial charge on any atom is -0.293 e. The lowest BCUT2D eigenvalue weighted by atomic mass is 10.1. The molecule has 6 heteroatoms. The van der Waals surface area contributed by atoms with Crippen LogP contribution in [0.15, 0.2) is 0 Å². The lowest BCUT2D eigenvalue weighted by Gasteiger charge is -2.06. The fourth-order valence-corrected chi connectivity index (χ4v) is 0.280. The van der Waals surface area contributed by atoms with Gasteiger partial charge >= 0.3 is 29.0 Å². The number of halogens is 3. The summed E-state index contributed by atoms with van der Waals surface area (Å²) in [5.74, 6) is -7.76. The first-order chi connectivity index (χ1) is 4.42. The molecule has 0 unspecified atom stereocenters. The van der Waals surface area contributed by atoms with Crippen LogP contribution in [0.5, 0.6) is 0 Å². The Morgan fingerprint density at radius 3 is 1.82 bits per heavy atom. The SMILES string of the molecule is CC(=O)C(F)(F)C(=O)CF.[MgH2]. The molecule has 0 aromatic heterocycles. The second kappa shape index (κ2) is 4.71. The Morgan fingerprint density at radius 2 is 1.73 bits per heavy atom. The molecule has 0 aliphatic rings. The highest BCUT2D eigenvalue weighted by Crippen LogP contribution is 2.15. The molecule has 0 aliphatic carbocycles. The molecule has 11 heavy (non-hydrogen) atoms. The van der Waals surface area contributed by atoms with Crippen molar-refractivity contribution in [1.29, 1.82) is 0 Å². The van der Waals surface area contributed by atoms with Crippen LogP contribution in [0, 0.1) is 0 Å². The van der Waals surface area contributed by atoms with E-state index in [9.17, 15) is 22.8 Å². The van der Waals surface area contributed by atoms with Crippen LogP contribution in [0.2, 0.25) is 0 Å². The van der Waals surface area contributed by atoms with Gasteiger partial charge in [-0.05, 0) is 0 Å². The molecular formula is C5H7F3MgO2. The van der Waals surface area contributed by atoms with Crippen molar-refractivity contribution in [3.8, 4) is 0 Å². The van der Waals surface area contributed by atoms with Crippen LogP contribution in [-0.4, -0.2) is 47.2 Å². The zero-order valence-corrected chi connectivity index (χ0v) is 5.16. The Kier molecular flexibility index (Phi) is 5.77. The number of alkyl halides is 3. The molecule has 62 valence electrons. The molecular weight excluding hydrogens is 173 g/mol. The summed E-state index contributed by atoms with van der Waals surface area (Å²) in [4.78, 5) is 19.9. The zero-order valence-electron chi connectivity index (χ0n) is 5.16. The van der Waals surface area contributed by atoms with E-state index in [0.717, 1.165) is 0 Å². The van der Waals surface area contributed by atoms with Gasteiger partial charge in [-0.15, -0.1) is 0 Å². The van der Waals surface area contributed by atoms with Gasteiger partial charge in [0.1, 0.15) is 0 Å². The Labute approximate surface area is 77.3 Å². The van der Waals surface area contributed by atoms with Gasteiger partial charge < -0.3 is 0 Å². The highest BCUT2D eigenvalue weighted by Gasteiger charge is 2.43. The number of hydrogen-bond donors (Lipinski definition) is 0. The van der Waals surface area contributed by atoms with Gasteiger partial charge in [0.15, 0.2) is 6.67 Å². The molecule has 0 bridgehead atoms. The third-order valence-electron chi connectivity index (χ3n) is 0.914. The molecule has 0 aromatic carbocycles. The van der Waals surface area contributed by atoms with E-state index >= 15 is 0 Å². The Balaban J connectivity index is 0. The van der Waals surface area contributed by atoms with E-state index in [1.165, 1.54) is 0 Å². The molecule has 0 heterocycles. The number of hydrogen-bond acceptors (Lipinski definition) is 2. The molecule has 0 saturated carbocycles. The van der Waals surface area contributed by atoms with E-state index in [4.69, 9.17) is 0 Å². The van der Waals surface area contributed by atoms with Crippen molar-refractivity contribution in [2.45, 2.75) is 12.8 Å². The largest absolute Gasteiger partial charge is 0.364 e. The first-order valence-corrected chi connectivity index (χ1v) is 2.41. The average Bonchev–Trinajstić information content (AvgIpc) is 1.86. The standard InChI is InChI=1S/C5H5F3O2.Mg.2H/c1-3(9)5(7,8)4(10)2-6;;;/h2H2,1H3;;;. The molecule has 0 rings (SSSR count). The summed E-state index contributed by atoms with van der Waals surface area (Å²) >= 11 is 0. The molecule has 0 amide bonds. The van der Waals surface area contributed by atoms with Crippen LogP contribution in [0.25, 0.3) is 0 Å². The summed E-state index contributed by atoms with van der Waals surface area (Å²) in [5, 5.41) is 0. The van der Waals surface area contributed by atoms with Gasteiger partial charge in [0.25, 0.3) is 0 Å². The van der Waals surface area contributed by atoms with Crippen molar-refractivity contribution in [3.05, 3.63) is 0 Å². The van der Waals surface area contributed by atoms with Crippen LogP contribution in [0.4, 0.5) is 13.2 Å². The van der Waals surface area contributed by atoms with Gasteiger partial charge in [0.2, 0.25) is 11.6 Å². The molecule has 0 saturated heterocycles. The van der Waals surface area contributed by atoms with Gasteiger partial charge in [-0.3, -0.25) is 9.59 Å². The maximum atomic E-state index is 12.0. The fraction of sp³-hybridized carbons (Fsp3) is 0.600. The summed E-state index contributed by atoms with van der Waals surface area (Å²) in [7, 11) is 0. The Bertz CT molecular complexity index is 169. The lowest BCUT2D eigenvalue weighted by molar-refractivity contribution is -0.155. The van der Waals surface area contributed by atoms with Crippen LogP contribution in [0.3, 0.4) is 0 Å². The van der Waals surface area contributed by atoms with Crippen LogP contribution in [-0.2, 0) is 9.59 Å². The minimum atomic E-state index is -4.14. The monoisotopic (exact) mass is 180 g/mol. The molecule has 0 N–H and O–H groups in total. The molecule has 0 atom stereocenters. The van der Waals surface area contributed by atoms with Crippen molar-refractivity contribution in [1.82, 2.24) is 0 Å². The van der Waals surface area contributed by atoms with Crippen molar-refractivity contribution < 1.29 is 22.8 Å². The van der Waals surface area contributed by atoms with E-state index in [2.05, 4.69) is 0 Å². The Morgan fingerprint density at radius 1 is 1.36 bits per heavy atom. The smallest absolute Gasteiger partial charge is 0.293 e. The maximum absolute atomic E-state index is 12.0. The minimum absolute atomic E-state index is 0. The van der Waals surface area contributed by atoms with Crippen molar-refractivity contribution in [3.63, 3.8) is 0 Å². The fourth-order valence-electron chi connectivity index (χ4n) is 0.280. The molecule has 0 aliphatic heterocycles. The van der Waals surface area contributed by atoms with Gasteiger partial charge in [-0.25, -0.2) is 4.39 Å². The summed E-state index contributed by atoms with van der Waals surface area (Å²) in [6, 6.07) is 0. The van der Waals surface area contributed by atoms with E-state index < -0.39 is 24.2 Å². The van der Waals surface area contributed by atoms with Gasteiger partial charge in [0.05, 0.1) is 0 Å². The second-order valence-corrected chi connectivity index (χ2v) is 1.69.